The third-order valence-corrected chi connectivity index (χ3v) is 4.07. The van der Waals surface area contributed by atoms with Crippen LogP contribution in [0.2, 0.25) is 0 Å². The van der Waals surface area contributed by atoms with E-state index in [1.54, 1.807) is 11.3 Å². The summed E-state index contributed by atoms with van der Waals surface area (Å²) in [7, 11) is 0. The number of thiophene rings is 1. The molecule has 1 unspecified atom stereocenters. The van der Waals surface area contributed by atoms with Gasteiger partial charge in [-0.3, -0.25) is 0 Å². The minimum Gasteiger partial charge on any atom is -0.324 e. The molecule has 0 amide bonds. The van der Waals surface area contributed by atoms with Gasteiger partial charge in [0.05, 0.1) is 0 Å². The highest BCUT2D eigenvalue weighted by Crippen LogP contribution is 2.31. The zero-order valence-corrected chi connectivity index (χ0v) is 10.8. The third-order valence-electron chi connectivity index (χ3n) is 2.20. The highest BCUT2D eigenvalue weighted by Gasteiger charge is 2.05. The molecule has 1 aromatic carbocycles. The van der Waals surface area contributed by atoms with Crippen molar-refractivity contribution < 1.29 is 0 Å². The summed E-state index contributed by atoms with van der Waals surface area (Å²) in [5.74, 6) is 0. The SMILES string of the molecule is CC(N)c1ccc(-c2ccc(Br)cc2)s1. The second-order valence-electron chi connectivity index (χ2n) is 3.50. The monoisotopic (exact) mass is 281 g/mol. The van der Waals surface area contributed by atoms with E-state index < -0.39 is 0 Å². The maximum Gasteiger partial charge on any atom is 0.0361 e. The van der Waals surface area contributed by atoms with Crippen LogP contribution in [-0.4, -0.2) is 0 Å². The molecule has 2 N–H and O–H groups in total. The molecule has 0 aliphatic heterocycles. The third kappa shape index (κ3) is 2.48. The normalized spacial score (nSPS) is 12.7. The lowest BCUT2D eigenvalue weighted by Gasteiger charge is -1.99. The molecule has 0 saturated carbocycles. The van der Waals surface area contributed by atoms with Crippen LogP contribution in [0.4, 0.5) is 0 Å². The second kappa shape index (κ2) is 4.47. The average molecular weight is 282 g/mol. The van der Waals surface area contributed by atoms with Crippen LogP contribution in [0.1, 0.15) is 17.8 Å². The van der Waals surface area contributed by atoms with Gasteiger partial charge in [-0.05, 0) is 36.8 Å². The summed E-state index contributed by atoms with van der Waals surface area (Å²) in [6.07, 6.45) is 0. The van der Waals surface area contributed by atoms with Crippen LogP contribution in [0, 0.1) is 0 Å². The molecule has 0 aliphatic rings. The molecule has 2 aromatic rings. The quantitative estimate of drug-likeness (QED) is 0.877. The van der Waals surface area contributed by atoms with Crippen LogP contribution in [0.5, 0.6) is 0 Å². The maximum absolute atomic E-state index is 5.83. The molecular formula is C12H12BrNS. The first kappa shape index (κ1) is 10.9. The first-order valence-corrected chi connectivity index (χ1v) is 6.39. The van der Waals surface area contributed by atoms with Crippen molar-refractivity contribution in [2.24, 2.45) is 5.73 Å². The zero-order valence-electron chi connectivity index (χ0n) is 8.41. The fourth-order valence-corrected chi connectivity index (χ4v) is 2.60. The molecule has 15 heavy (non-hydrogen) atoms. The molecule has 1 heterocycles. The van der Waals surface area contributed by atoms with E-state index in [4.69, 9.17) is 5.73 Å². The van der Waals surface area contributed by atoms with Gasteiger partial charge < -0.3 is 5.73 Å². The van der Waals surface area contributed by atoms with Crippen LogP contribution in [0.3, 0.4) is 0 Å². The first-order valence-electron chi connectivity index (χ1n) is 4.78. The minimum absolute atomic E-state index is 0.124. The van der Waals surface area contributed by atoms with Crippen molar-refractivity contribution in [3.05, 3.63) is 45.7 Å². The molecule has 0 spiro atoms. The lowest BCUT2D eigenvalue weighted by molar-refractivity contribution is 0.838. The number of benzene rings is 1. The summed E-state index contributed by atoms with van der Waals surface area (Å²) in [4.78, 5) is 2.50. The molecule has 0 aliphatic carbocycles. The van der Waals surface area contributed by atoms with Gasteiger partial charge in [0.25, 0.3) is 0 Å². The Bertz CT molecular complexity index is 445. The molecule has 0 saturated heterocycles. The summed E-state index contributed by atoms with van der Waals surface area (Å²) in [5, 5.41) is 0. The minimum atomic E-state index is 0.124. The average Bonchev–Trinajstić information content (AvgIpc) is 2.68. The zero-order chi connectivity index (χ0) is 10.8. The van der Waals surface area contributed by atoms with Crippen LogP contribution in [0.15, 0.2) is 40.9 Å². The van der Waals surface area contributed by atoms with Crippen molar-refractivity contribution in [3.63, 3.8) is 0 Å². The van der Waals surface area contributed by atoms with Crippen LogP contribution < -0.4 is 5.73 Å². The molecule has 78 valence electrons. The Kier molecular flexibility index (Phi) is 3.24. The lowest BCUT2D eigenvalue weighted by Crippen LogP contribution is -2.01. The number of halogens is 1. The van der Waals surface area contributed by atoms with Crippen molar-refractivity contribution in [2.75, 3.05) is 0 Å². The predicted octanol–water partition coefficient (Wildman–Crippen LogP) is 4.20. The molecule has 0 bridgehead atoms. The molecule has 1 nitrogen and oxygen atoms in total. The van der Waals surface area contributed by atoms with Gasteiger partial charge in [-0.2, -0.15) is 0 Å². The Morgan fingerprint density at radius 3 is 2.33 bits per heavy atom. The Hall–Kier alpha value is -0.640. The van der Waals surface area contributed by atoms with E-state index in [1.807, 2.05) is 6.92 Å². The summed E-state index contributed by atoms with van der Waals surface area (Å²) in [6, 6.07) is 12.7. The summed E-state index contributed by atoms with van der Waals surface area (Å²) in [5.41, 5.74) is 7.08. The van der Waals surface area contributed by atoms with E-state index in [1.165, 1.54) is 15.3 Å². The van der Waals surface area contributed by atoms with Gasteiger partial charge in [-0.25, -0.2) is 0 Å². The van der Waals surface area contributed by atoms with E-state index >= 15 is 0 Å². The molecule has 2 rings (SSSR count). The summed E-state index contributed by atoms with van der Waals surface area (Å²) < 4.78 is 1.11. The van der Waals surface area contributed by atoms with E-state index in [-0.39, 0.29) is 6.04 Å². The topological polar surface area (TPSA) is 26.0 Å². The number of hydrogen-bond donors (Lipinski definition) is 1. The molecule has 1 aromatic heterocycles. The van der Waals surface area contributed by atoms with Crippen molar-refractivity contribution in [2.45, 2.75) is 13.0 Å². The van der Waals surface area contributed by atoms with Gasteiger partial charge in [0.1, 0.15) is 0 Å². The largest absolute Gasteiger partial charge is 0.324 e. The van der Waals surface area contributed by atoms with Crippen molar-refractivity contribution in [1.82, 2.24) is 0 Å². The van der Waals surface area contributed by atoms with Crippen molar-refractivity contribution >= 4 is 27.3 Å². The Labute approximate surface area is 102 Å². The van der Waals surface area contributed by atoms with Crippen LogP contribution in [0.25, 0.3) is 10.4 Å². The highest BCUT2D eigenvalue weighted by molar-refractivity contribution is 9.10. The van der Waals surface area contributed by atoms with Gasteiger partial charge in [0.2, 0.25) is 0 Å². The molecule has 0 radical (unpaired) electrons. The second-order valence-corrected chi connectivity index (χ2v) is 5.53. The van der Waals surface area contributed by atoms with Gasteiger partial charge in [0.15, 0.2) is 0 Å². The van der Waals surface area contributed by atoms with E-state index in [0.29, 0.717) is 0 Å². The van der Waals surface area contributed by atoms with Gasteiger partial charge in [-0.1, -0.05) is 28.1 Å². The standard InChI is InChI=1S/C12H12BrNS/c1-8(14)11-6-7-12(15-11)9-2-4-10(13)5-3-9/h2-8H,14H2,1H3. The Balaban J connectivity index is 2.33. The fourth-order valence-electron chi connectivity index (χ4n) is 1.37. The summed E-state index contributed by atoms with van der Waals surface area (Å²) >= 11 is 5.19. The van der Waals surface area contributed by atoms with Gasteiger partial charge in [-0.15, -0.1) is 11.3 Å². The van der Waals surface area contributed by atoms with E-state index in [2.05, 4.69) is 52.3 Å². The van der Waals surface area contributed by atoms with Crippen LogP contribution >= 0.6 is 27.3 Å². The molecular weight excluding hydrogens is 270 g/mol. The predicted molar refractivity (Wildman–Crippen MR) is 70.1 cm³/mol. The van der Waals surface area contributed by atoms with Crippen molar-refractivity contribution in [1.29, 1.82) is 0 Å². The van der Waals surface area contributed by atoms with Gasteiger partial charge >= 0.3 is 0 Å². The highest BCUT2D eigenvalue weighted by atomic mass is 79.9. The van der Waals surface area contributed by atoms with Gasteiger partial charge in [0, 0.05) is 20.3 Å². The number of rotatable bonds is 2. The lowest BCUT2D eigenvalue weighted by atomic mass is 10.2. The fraction of sp³-hybridized carbons (Fsp3) is 0.167. The molecule has 1 atom stereocenters. The number of nitrogens with two attached hydrogens (primary N) is 1. The van der Waals surface area contributed by atoms with Crippen molar-refractivity contribution in [3.8, 4) is 10.4 Å². The smallest absolute Gasteiger partial charge is 0.0361 e. The van der Waals surface area contributed by atoms with E-state index in [9.17, 15) is 0 Å². The Morgan fingerprint density at radius 2 is 1.80 bits per heavy atom. The Morgan fingerprint density at radius 1 is 1.13 bits per heavy atom. The van der Waals surface area contributed by atoms with E-state index in [0.717, 1.165) is 4.47 Å². The maximum atomic E-state index is 5.83. The molecule has 0 fully saturated rings. The number of hydrogen-bond acceptors (Lipinski definition) is 2. The van der Waals surface area contributed by atoms with Crippen LogP contribution in [-0.2, 0) is 0 Å². The summed E-state index contributed by atoms with van der Waals surface area (Å²) in [6.45, 7) is 2.01. The first-order chi connectivity index (χ1) is 7.16. The molecule has 3 heteroatoms.